The number of aromatic amines is 1. The topological polar surface area (TPSA) is 98.3 Å². The average molecular weight is 304 g/mol. The summed E-state index contributed by atoms with van der Waals surface area (Å²) in [7, 11) is 0. The van der Waals surface area contributed by atoms with E-state index in [9.17, 15) is 9.59 Å². The first-order valence-electron chi connectivity index (χ1n) is 7.19. The second-order valence-corrected chi connectivity index (χ2v) is 5.09. The standard InChI is InChI=1S/C15H20N4O3/c1-3-19(15(22)16-9-14(20)21)7-6-13-17-11-5-4-10(2)8-12(11)18-13/h4-5,8H,3,6-7,9H2,1-2H3,(H,16,22)(H,17,18)(H,20,21). The molecule has 2 rings (SSSR count). The molecule has 1 heterocycles. The summed E-state index contributed by atoms with van der Waals surface area (Å²) >= 11 is 0. The quantitative estimate of drug-likeness (QED) is 0.753. The van der Waals surface area contributed by atoms with Crippen LogP contribution in [0, 0.1) is 6.92 Å². The van der Waals surface area contributed by atoms with Crippen molar-refractivity contribution >= 4 is 23.0 Å². The van der Waals surface area contributed by atoms with Crippen LogP contribution in [0.5, 0.6) is 0 Å². The van der Waals surface area contributed by atoms with Crippen LogP contribution in [-0.2, 0) is 11.2 Å². The maximum atomic E-state index is 11.8. The first-order valence-corrected chi connectivity index (χ1v) is 7.19. The maximum absolute atomic E-state index is 11.8. The fourth-order valence-electron chi connectivity index (χ4n) is 2.20. The molecule has 118 valence electrons. The van der Waals surface area contributed by atoms with Gasteiger partial charge in [0.15, 0.2) is 0 Å². The van der Waals surface area contributed by atoms with Gasteiger partial charge in [0.1, 0.15) is 12.4 Å². The number of imidazole rings is 1. The molecule has 0 aliphatic rings. The number of carbonyl (C=O) groups excluding carboxylic acids is 1. The molecule has 7 heteroatoms. The van der Waals surface area contributed by atoms with E-state index < -0.39 is 5.97 Å². The predicted octanol–water partition coefficient (Wildman–Crippen LogP) is 1.53. The van der Waals surface area contributed by atoms with Gasteiger partial charge in [-0.25, -0.2) is 9.78 Å². The van der Waals surface area contributed by atoms with Crippen molar-refractivity contribution in [3.63, 3.8) is 0 Å². The predicted molar refractivity (Wildman–Crippen MR) is 82.8 cm³/mol. The molecule has 22 heavy (non-hydrogen) atoms. The zero-order chi connectivity index (χ0) is 16.1. The number of amides is 2. The SMILES string of the molecule is CCN(CCc1nc2ccc(C)cc2[nH]1)C(=O)NCC(=O)O. The number of benzene rings is 1. The molecule has 0 saturated heterocycles. The summed E-state index contributed by atoms with van der Waals surface area (Å²) in [5, 5.41) is 10.9. The summed E-state index contributed by atoms with van der Waals surface area (Å²) in [6.07, 6.45) is 0.585. The third-order valence-corrected chi connectivity index (χ3v) is 3.36. The molecule has 7 nitrogen and oxygen atoms in total. The molecule has 0 saturated carbocycles. The van der Waals surface area contributed by atoms with E-state index in [1.165, 1.54) is 0 Å². The largest absolute Gasteiger partial charge is 0.480 e. The van der Waals surface area contributed by atoms with Crippen LogP contribution in [0.15, 0.2) is 18.2 Å². The van der Waals surface area contributed by atoms with Crippen LogP contribution < -0.4 is 5.32 Å². The lowest BCUT2D eigenvalue weighted by Gasteiger charge is -2.20. The Morgan fingerprint density at radius 3 is 2.86 bits per heavy atom. The van der Waals surface area contributed by atoms with Gasteiger partial charge in [-0.2, -0.15) is 0 Å². The number of H-pyrrole nitrogens is 1. The Balaban J connectivity index is 1.96. The molecule has 0 atom stereocenters. The number of carboxylic acid groups (broad SMARTS) is 1. The molecule has 0 bridgehead atoms. The Morgan fingerprint density at radius 1 is 1.41 bits per heavy atom. The van der Waals surface area contributed by atoms with Crippen molar-refractivity contribution in [2.75, 3.05) is 19.6 Å². The minimum atomic E-state index is -1.06. The molecule has 1 aromatic carbocycles. The first-order chi connectivity index (χ1) is 10.5. The van der Waals surface area contributed by atoms with Gasteiger partial charge in [0.2, 0.25) is 0 Å². The number of rotatable bonds is 6. The van der Waals surface area contributed by atoms with Gasteiger partial charge in [-0.05, 0) is 31.5 Å². The number of nitrogens with zero attached hydrogens (tertiary/aromatic N) is 2. The van der Waals surface area contributed by atoms with Gasteiger partial charge in [-0.1, -0.05) is 6.07 Å². The van der Waals surface area contributed by atoms with E-state index in [1.54, 1.807) is 4.90 Å². The minimum Gasteiger partial charge on any atom is -0.480 e. The lowest BCUT2D eigenvalue weighted by Crippen LogP contribution is -2.42. The molecule has 0 aliphatic carbocycles. The number of hydrogen-bond acceptors (Lipinski definition) is 3. The highest BCUT2D eigenvalue weighted by Crippen LogP contribution is 2.13. The van der Waals surface area contributed by atoms with E-state index >= 15 is 0 Å². The van der Waals surface area contributed by atoms with Gasteiger partial charge < -0.3 is 20.3 Å². The van der Waals surface area contributed by atoms with Crippen LogP contribution in [0.2, 0.25) is 0 Å². The van der Waals surface area contributed by atoms with Gasteiger partial charge in [0, 0.05) is 19.5 Å². The second-order valence-electron chi connectivity index (χ2n) is 5.09. The average Bonchev–Trinajstić information content (AvgIpc) is 2.87. The van der Waals surface area contributed by atoms with E-state index in [0.717, 1.165) is 22.4 Å². The molecule has 2 amide bonds. The molecule has 3 N–H and O–H groups in total. The van der Waals surface area contributed by atoms with Crippen molar-refractivity contribution in [1.82, 2.24) is 20.2 Å². The van der Waals surface area contributed by atoms with Crippen LogP contribution in [0.1, 0.15) is 18.3 Å². The van der Waals surface area contributed by atoms with Crippen molar-refractivity contribution in [3.8, 4) is 0 Å². The van der Waals surface area contributed by atoms with Gasteiger partial charge in [-0.3, -0.25) is 4.79 Å². The lowest BCUT2D eigenvalue weighted by atomic mass is 10.2. The molecule has 2 aromatic rings. The number of aryl methyl sites for hydroxylation is 1. The highest BCUT2D eigenvalue weighted by Gasteiger charge is 2.13. The normalized spacial score (nSPS) is 10.6. The number of likely N-dealkylation sites (N-methyl/N-ethyl adjacent to an activating group) is 1. The van der Waals surface area contributed by atoms with Crippen LogP contribution in [-0.4, -0.2) is 51.6 Å². The molecule has 1 aromatic heterocycles. The number of carbonyl (C=O) groups is 2. The zero-order valence-corrected chi connectivity index (χ0v) is 12.7. The summed E-state index contributed by atoms with van der Waals surface area (Å²) in [6, 6.07) is 5.62. The van der Waals surface area contributed by atoms with Crippen molar-refractivity contribution in [3.05, 3.63) is 29.6 Å². The Bertz CT molecular complexity index is 680. The Kier molecular flexibility index (Phi) is 4.98. The van der Waals surface area contributed by atoms with Crippen LogP contribution in [0.25, 0.3) is 11.0 Å². The number of urea groups is 1. The third-order valence-electron chi connectivity index (χ3n) is 3.36. The number of aliphatic carboxylic acids is 1. The van der Waals surface area contributed by atoms with Crippen LogP contribution in [0.4, 0.5) is 4.79 Å². The fourth-order valence-corrected chi connectivity index (χ4v) is 2.20. The molecule has 0 fully saturated rings. The first kappa shape index (κ1) is 15.8. The summed E-state index contributed by atoms with van der Waals surface area (Å²) in [4.78, 5) is 31.6. The third kappa shape index (κ3) is 3.97. The van der Waals surface area contributed by atoms with Crippen LogP contribution >= 0.6 is 0 Å². The van der Waals surface area contributed by atoms with Crippen LogP contribution in [0.3, 0.4) is 0 Å². The molecular formula is C15H20N4O3. The van der Waals surface area contributed by atoms with Crippen molar-refractivity contribution in [2.45, 2.75) is 20.3 Å². The molecular weight excluding hydrogens is 284 g/mol. The number of fused-ring (bicyclic) bond motifs is 1. The fraction of sp³-hybridized carbons (Fsp3) is 0.400. The van der Waals surface area contributed by atoms with Crippen molar-refractivity contribution in [1.29, 1.82) is 0 Å². The van der Waals surface area contributed by atoms with E-state index in [2.05, 4.69) is 15.3 Å². The Labute approximate surface area is 128 Å². The smallest absolute Gasteiger partial charge is 0.323 e. The minimum absolute atomic E-state index is 0.376. The summed E-state index contributed by atoms with van der Waals surface area (Å²) in [6.45, 7) is 4.47. The summed E-state index contributed by atoms with van der Waals surface area (Å²) < 4.78 is 0. The summed E-state index contributed by atoms with van der Waals surface area (Å²) in [5.41, 5.74) is 3.04. The van der Waals surface area contributed by atoms with E-state index in [1.807, 2.05) is 32.0 Å². The molecule has 0 aliphatic heterocycles. The highest BCUT2D eigenvalue weighted by molar-refractivity contribution is 5.80. The Hall–Kier alpha value is -2.57. The number of nitrogens with one attached hydrogen (secondary N) is 2. The number of carboxylic acids is 1. The van der Waals surface area contributed by atoms with Gasteiger partial charge in [-0.15, -0.1) is 0 Å². The molecule has 0 spiro atoms. The van der Waals surface area contributed by atoms with Crippen molar-refractivity contribution < 1.29 is 14.7 Å². The Morgan fingerprint density at radius 2 is 2.18 bits per heavy atom. The van der Waals surface area contributed by atoms with Crippen molar-refractivity contribution in [2.24, 2.45) is 0 Å². The number of aromatic nitrogens is 2. The zero-order valence-electron chi connectivity index (χ0n) is 12.7. The van der Waals surface area contributed by atoms with E-state index in [4.69, 9.17) is 5.11 Å². The highest BCUT2D eigenvalue weighted by atomic mass is 16.4. The molecule has 0 unspecified atom stereocenters. The molecule has 0 radical (unpaired) electrons. The monoisotopic (exact) mass is 304 g/mol. The summed E-state index contributed by atoms with van der Waals surface area (Å²) in [5.74, 6) is -0.248. The number of hydrogen-bond donors (Lipinski definition) is 3. The van der Waals surface area contributed by atoms with E-state index in [0.29, 0.717) is 19.5 Å². The van der Waals surface area contributed by atoms with E-state index in [-0.39, 0.29) is 12.6 Å². The lowest BCUT2D eigenvalue weighted by molar-refractivity contribution is -0.135. The van der Waals surface area contributed by atoms with Gasteiger partial charge >= 0.3 is 12.0 Å². The second kappa shape index (κ2) is 6.93. The maximum Gasteiger partial charge on any atom is 0.323 e. The van der Waals surface area contributed by atoms with Gasteiger partial charge in [0.25, 0.3) is 0 Å². The van der Waals surface area contributed by atoms with Gasteiger partial charge in [0.05, 0.1) is 11.0 Å².